The normalized spacial score (nSPS) is 23.9. The monoisotopic (exact) mass is 589 g/mol. The van der Waals surface area contributed by atoms with Crippen LogP contribution >= 0.6 is 0 Å². The molecule has 1 aliphatic carbocycles. The van der Waals surface area contributed by atoms with Gasteiger partial charge in [-0.2, -0.15) is 4.98 Å². The van der Waals surface area contributed by atoms with Crippen LogP contribution in [0.5, 0.6) is 0 Å². The van der Waals surface area contributed by atoms with Gasteiger partial charge in [-0.25, -0.2) is 9.78 Å². The molecule has 230 valence electrons. The molecule has 2 atom stereocenters. The fourth-order valence-electron chi connectivity index (χ4n) is 6.71. The molecule has 43 heavy (non-hydrogen) atoms. The van der Waals surface area contributed by atoms with E-state index in [1.165, 1.54) is 0 Å². The molecule has 3 aliphatic rings. The minimum atomic E-state index is -0.514. The number of nitrogens with one attached hydrogen (secondary N) is 1. The third kappa shape index (κ3) is 5.96. The molecule has 0 spiro atoms. The van der Waals surface area contributed by atoms with Gasteiger partial charge in [-0.1, -0.05) is 6.92 Å². The molecule has 0 aromatic carbocycles. The number of ether oxygens (including phenoxy) is 1. The zero-order valence-corrected chi connectivity index (χ0v) is 26.1. The summed E-state index contributed by atoms with van der Waals surface area (Å²) in [6.45, 7) is 9.38. The van der Waals surface area contributed by atoms with Crippen LogP contribution in [0.1, 0.15) is 82.8 Å². The molecule has 2 bridgehead atoms. The predicted molar refractivity (Wildman–Crippen MR) is 165 cm³/mol. The van der Waals surface area contributed by atoms with Crippen molar-refractivity contribution in [3.63, 3.8) is 0 Å². The molecule has 6 rings (SSSR count). The van der Waals surface area contributed by atoms with E-state index in [2.05, 4.69) is 36.9 Å². The minimum absolute atomic E-state index is 0.0343. The Kier molecular flexibility index (Phi) is 7.64. The Balaban J connectivity index is 1.18. The molecule has 1 N–H and O–H groups in total. The fourth-order valence-corrected chi connectivity index (χ4v) is 6.71. The highest BCUT2D eigenvalue weighted by Crippen LogP contribution is 2.36. The van der Waals surface area contributed by atoms with Crippen LogP contribution in [0.2, 0.25) is 0 Å². The molecule has 2 saturated heterocycles. The van der Waals surface area contributed by atoms with Crippen LogP contribution in [0.15, 0.2) is 24.4 Å². The second kappa shape index (κ2) is 11.3. The Morgan fingerprint density at radius 1 is 0.977 bits per heavy atom. The quantitative estimate of drug-likeness (QED) is 0.438. The van der Waals surface area contributed by atoms with Gasteiger partial charge >= 0.3 is 6.09 Å². The van der Waals surface area contributed by atoms with E-state index in [1.807, 2.05) is 43.9 Å². The van der Waals surface area contributed by atoms with Gasteiger partial charge in [0.1, 0.15) is 16.9 Å². The van der Waals surface area contributed by atoms with E-state index in [-0.39, 0.29) is 30.1 Å². The van der Waals surface area contributed by atoms with Crippen molar-refractivity contribution in [2.75, 3.05) is 37.4 Å². The van der Waals surface area contributed by atoms with Crippen molar-refractivity contribution in [3.8, 4) is 0 Å². The molecule has 5 heterocycles. The van der Waals surface area contributed by atoms with Gasteiger partial charge < -0.3 is 24.4 Å². The summed E-state index contributed by atoms with van der Waals surface area (Å²) in [5.74, 6) is 2.38. The number of carbonyl (C=O) groups is 2. The second-order valence-electron chi connectivity index (χ2n) is 13.6. The highest BCUT2D eigenvalue weighted by Gasteiger charge is 2.44. The van der Waals surface area contributed by atoms with Gasteiger partial charge in [-0.15, -0.1) is 10.2 Å². The lowest BCUT2D eigenvalue weighted by Gasteiger charge is -2.41. The Morgan fingerprint density at radius 2 is 1.65 bits per heavy atom. The van der Waals surface area contributed by atoms with Crippen LogP contribution in [0.4, 0.5) is 22.4 Å². The number of rotatable bonds is 5. The van der Waals surface area contributed by atoms with Crippen molar-refractivity contribution in [2.24, 2.45) is 5.92 Å². The lowest BCUT2D eigenvalue weighted by atomic mass is 9.87. The minimum Gasteiger partial charge on any atom is -0.444 e. The third-order valence-electron chi connectivity index (χ3n) is 8.85. The molecule has 0 radical (unpaired) electrons. The fraction of sp³-hybridized carbons (Fsp3) is 0.613. The highest BCUT2D eigenvalue weighted by atomic mass is 16.6. The number of hydrogen-bond donors (Lipinski definition) is 1. The molecule has 12 nitrogen and oxygen atoms in total. The maximum atomic E-state index is 13.1. The number of fused-ring (bicyclic) bond motifs is 3. The van der Waals surface area contributed by atoms with Crippen LogP contribution in [0, 0.1) is 5.92 Å². The van der Waals surface area contributed by atoms with Crippen LogP contribution in [0.3, 0.4) is 0 Å². The van der Waals surface area contributed by atoms with Crippen molar-refractivity contribution in [1.82, 2.24) is 34.5 Å². The summed E-state index contributed by atoms with van der Waals surface area (Å²) in [6, 6.07) is 6.14. The van der Waals surface area contributed by atoms with Gasteiger partial charge in [-0.3, -0.25) is 9.69 Å². The van der Waals surface area contributed by atoms with Crippen LogP contribution in [-0.2, 0) is 4.74 Å². The summed E-state index contributed by atoms with van der Waals surface area (Å²) >= 11 is 0. The van der Waals surface area contributed by atoms with Gasteiger partial charge in [0.2, 0.25) is 5.95 Å². The number of amides is 2. The summed E-state index contributed by atoms with van der Waals surface area (Å²) in [7, 11) is 3.56. The number of hydrogen-bond acceptors (Lipinski definition) is 9. The number of nitrogens with zero attached hydrogens (tertiary/aromatic N) is 8. The van der Waals surface area contributed by atoms with Crippen LogP contribution < -0.4 is 10.2 Å². The molecule has 2 amide bonds. The van der Waals surface area contributed by atoms with Crippen molar-refractivity contribution in [3.05, 3.63) is 30.1 Å². The molecule has 3 aromatic heterocycles. The van der Waals surface area contributed by atoms with E-state index in [1.54, 1.807) is 25.2 Å². The average molecular weight is 590 g/mol. The smallest absolute Gasteiger partial charge is 0.410 e. The summed E-state index contributed by atoms with van der Waals surface area (Å²) in [5, 5.41) is 13.0. The molecule has 2 unspecified atom stereocenters. The zero-order chi connectivity index (χ0) is 30.5. The molecular formula is C31H43N9O3. The van der Waals surface area contributed by atoms with E-state index in [0.29, 0.717) is 36.5 Å². The first-order chi connectivity index (χ1) is 20.5. The summed E-state index contributed by atoms with van der Waals surface area (Å²) in [4.78, 5) is 41.1. The van der Waals surface area contributed by atoms with Gasteiger partial charge in [0.25, 0.3) is 5.91 Å². The van der Waals surface area contributed by atoms with E-state index >= 15 is 0 Å². The SMILES string of the molecule is CC1CCC(n2c(C(=O)N(C)C)cc3cnc(Nc4ccc(N5CC6CCC(C5)N6C(=O)OC(C)(C)C)nn4)nc32)CC1. The lowest BCUT2D eigenvalue weighted by molar-refractivity contribution is 0.0122. The maximum Gasteiger partial charge on any atom is 0.410 e. The largest absolute Gasteiger partial charge is 0.444 e. The van der Waals surface area contributed by atoms with Crippen LogP contribution in [0.25, 0.3) is 11.0 Å². The van der Waals surface area contributed by atoms with Gasteiger partial charge in [0.15, 0.2) is 11.6 Å². The Bertz CT molecular complexity index is 1470. The van der Waals surface area contributed by atoms with E-state index in [0.717, 1.165) is 55.4 Å². The van der Waals surface area contributed by atoms with Gasteiger partial charge in [0, 0.05) is 44.8 Å². The number of carbonyl (C=O) groups excluding carboxylic acids is 2. The van der Waals surface area contributed by atoms with Crippen molar-refractivity contribution in [2.45, 2.75) is 89.9 Å². The standard InChI is InChI=1S/C31H43N9O3/c1-19-7-9-21(10-8-19)40-24(28(41)37(5)6)15-20-16-32-29(34-27(20)40)33-25-13-14-26(36-35-25)38-17-22-11-12-23(18-38)39(22)30(42)43-31(2,3)4/h13-16,19,21-23H,7-12,17-18H2,1-6H3,(H,32,33,34,35). The van der Waals surface area contributed by atoms with Crippen molar-refractivity contribution in [1.29, 1.82) is 0 Å². The number of aromatic nitrogens is 5. The Labute approximate surface area is 252 Å². The molecule has 3 aromatic rings. The molecule has 12 heteroatoms. The Morgan fingerprint density at radius 3 is 2.26 bits per heavy atom. The zero-order valence-electron chi connectivity index (χ0n) is 26.1. The first kappa shape index (κ1) is 29.1. The first-order valence-electron chi connectivity index (χ1n) is 15.4. The first-order valence-corrected chi connectivity index (χ1v) is 15.4. The Hall–Kier alpha value is -3.96. The van der Waals surface area contributed by atoms with E-state index < -0.39 is 5.60 Å². The molecule has 3 fully saturated rings. The van der Waals surface area contributed by atoms with Gasteiger partial charge in [0.05, 0.1) is 12.1 Å². The summed E-state index contributed by atoms with van der Waals surface area (Å²) in [5.41, 5.74) is 0.890. The van der Waals surface area contributed by atoms with E-state index in [9.17, 15) is 9.59 Å². The average Bonchev–Trinajstić information content (AvgIpc) is 3.46. The van der Waals surface area contributed by atoms with Gasteiger partial charge in [-0.05, 0) is 83.4 Å². The molecule has 2 aliphatic heterocycles. The lowest BCUT2D eigenvalue weighted by Crippen LogP contribution is -2.57. The van der Waals surface area contributed by atoms with Crippen molar-refractivity contribution >= 4 is 40.6 Å². The van der Waals surface area contributed by atoms with E-state index in [4.69, 9.17) is 9.72 Å². The van der Waals surface area contributed by atoms with Crippen LogP contribution in [-0.4, -0.2) is 91.4 Å². The number of anilines is 3. The summed E-state index contributed by atoms with van der Waals surface area (Å²) in [6.07, 6.45) is 7.75. The number of piperazine rings is 1. The third-order valence-corrected chi connectivity index (χ3v) is 8.85. The van der Waals surface area contributed by atoms with Crippen molar-refractivity contribution < 1.29 is 14.3 Å². The predicted octanol–water partition coefficient (Wildman–Crippen LogP) is 5.01. The summed E-state index contributed by atoms with van der Waals surface area (Å²) < 4.78 is 7.79. The maximum absolute atomic E-state index is 13.1. The molecular weight excluding hydrogens is 546 g/mol. The highest BCUT2D eigenvalue weighted by molar-refractivity contribution is 5.97. The topological polar surface area (TPSA) is 122 Å². The molecule has 1 saturated carbocycles. The second-order valence-corrected chi connectivity index (χ2v) is 13.6.